The number of benzene rings is 1. The van der Waals surface area contributed by atoms with E-state index in [0.717, 1.165) is 64.2 Å². The Hall–Kier alpha value is -1.27. The zero-order chi connectivity index (χ0) is 21.6. The highest BCUT2D eigenvalue weighted by molar-refractivity contribution is 7.54. The summed E-state index contributed by atoms with van der Waals surface area (Å²) in [6.45, 7) is 0. The molecule has 0 heterocycles. The van der Waals surface area contributed by atoms with Crippen LogP contribution in [0.2, 0.25) is 0 Å². The van der Waals surface area contributed by atoms with Crippen molar-refractivity contribution < 1.29 is 32.9 Å². The lowest BCUT2D eigenvalue weighted by Gasteiger charge is -2.33. The third-order valence-electron chi connectivity index (χ3n) is 5.98. The lowest BCUT2D eigenvalue weighted by atomic mass is 9.98. The first-order valence-electron chi connectivity index (χ1n) is 10.9. The van der Waals surface area contributed by atoms with Gasteiger partial charge in [0, 0.05) is 5.56 Å². The average Bonchev–Trinajstić information content (AvgIpc) is 2.78. The van der Waals surface area contributed by atoms with Crippen LogP contribution < -0.4 is 14.2 Å². The van der Waals surface area contributed by atoms with Crippen molar-refractivity contribution in [2.45, 2.75) is 82.3 Å². The molecular formula is C22H35O7P. The van der Waals surface area contributed by atoms with Crippen LogP contribution in [0.3, 0.4) is 0 Å². The summed E-state index contributed by atoms with van der Waals surface area (Å²) in [5.41, 5.74) is 0.361. The number of aliphatic hydroxyl groups is 1. The molecule has 1 N–H and O–H groups in total. The summed E-state index contributed by atoms with van der Waals surface area (Å²) in [5.74, 6) is -0.261. The van der Waals surface area contributed by atoms with Crippen molar-refractivity contribution in [2.24, 2.45) is 0 Å². The summed E-state index contributed by atoms with van der Waals surface area (Å²) in [7, 11) is 0.672. The van der Waals surface area contributed by atoms with Gasteiger partial charge < -0.3 is 28.4 Å². The maximum absolute atomic E-state index is 14.0. The third-order valence-corrected chi connectivity index (χ3v) is 8.06. The highest BCUT2D eigenvalue weighted by Gasteiger charge is 2.42. The Kier molecular flexibility index (Phi) is 8.46. The molecule has 1 atom stereocenters. The van der Waals surface area contributed by atoms with Crippen molar-refractivity contribution in [3.05, 3.63) is 17.7 Å². The van der Waals surface area contributed by atoms with Crippen molar-refractivity contribution in [2.75, 3.05) is 21.3 Å². The van der Waals surface area contributed by atoms with E-state index < -0.39 is 13.4 Å². The predicted molar refractivity (Wildman–Crippen MR) is 115 cm³/mol. The molecule has 2 aliphatic rings. The topological polar surface area (TPSA) is 83.5 Å². The van der Waals surface area contributed by atoms with E-state index in [9.17, 15) is 9.67 Å². The van der Waals surface area contributed by atoms with Crippen molar-refractivity contribution in [3.63, 3.8) is 0 Å². The fourth-order valence-corrected chi connectivity index (χ4v) is 6.38. The fourth-order valence-electron chi connectivity index (χ4n) is 4.33. The number of rotatable bonds is 9. The number of hydrogen-bond acceptors (Lipinski definition) is 7. The van der Waals surface area contributed by atoms with Gasteiger partial charge in [-0.05, 0) is 37.8 Å². The highest BCUT2D eigenvalue weighted by Crippen LogP contribution is 2.63. The molecule has 3 rings (SSSR count). The maximum Gasteiger partial charge on any atom is 0.363 e. The zero-order valence-electron chi connectivity index (χ0n) is 18.3. The molecule has 0 amide bonds. The first-order valence-corrected chi connectivity index (χ1v) is 12.6. The average molecular weight is 442 g/mol. The van der Waals surface area contributed by atoms with E-state index in [1.165, 1.54) is 21.3 Å². The Morgan fingerprint density at radius 2 is 1.23 bits per heavy atom. The van der Waals surface area contributed by atoms with Crippen LogP contribution in [0.25, 0.3) is 0 Å². The number of methoxy groups -OCH3 is 3. The zero-order valence-corrected chi connectivity index (χ0v) is 19.2. The molecule has 0 radical (unpaired) electrons. The van der Waals surface area contributed by atoms with Crippen LogP contribution in [0.1, 0.15) is 75.6 Å². The number of hydrogen-bond donors (Lipinski definition) is 1. The Bertz CT molecular complexity index is 677. The van der Waals surface area contributed by atoms with E-state index in [0.29, 0.717) is 22.8 Å². The van der Waals surface area contributed by atoms with Gasteiger partial charge in [0.05, 0.1) is 33.5 Å². The molecule has 0 bridgehead atoms. The molecule has 1 aromatic carbocycles. The van der Waals surface area contributed by atoms with E-state index in [1.54, 1.807) is 12.1 Å². The van der Waals surface area contributed by atoms with Gasteiger partial charge in [-0.1, -0.05) is 38.5 Å². The molecule has 7 nitrogen and oxygen atoms in total. The van der Waals surface area contributed by atoms with Gasteiger partial charge in [0.25, 0.3) is 0 Å². The summed E-state index contributed by atoms with van der Waals surface area (Å²) in [6, 6.07) is 3.21. The number of aliphatic hydroxyl groups excluding tert-OH is 1. The van der Waals surface area contributed by atoms with Crippen LogP contribution in [0.5, 0.6) is 17.2 Å². The van der Waals surface area contributed by atoms with Crippen LogP contribution in [0.15, 0.2) is 12.1 Å². The van der Waals surface area contributed by atoms with Crippen molar-refractivity contribution in [1.29, 1.82) is 0 Å². The molecule has 2 aliphatic carbocycles. The van der Waals surface area contributed by atoms with Crippen LogP contribution in [0, 0.1) is 0 Å². The third kappa shape index (κ3) is 5.50. The van der Waals surface area contributed by atoms with E-state index in [1.807, 2.05) is 0 Å². The normalized spacial score (nSPS) is 20.0. The molecule has 8 heteroatoms. The van der Waals surface area contributed by atoms with Crippen LogP contribution in [-0.2, 0) is 13.6 Å². The first-order chi connectivity index (χ1) is 14.5. The largest absolute Gasteiger partial charge is 0.493 e. The van der Waals surface area contributed by atoms with Crippen molar-refractivity contribution in [1.82, 2.24) is 0 Å². The minimum Gasteiger partial charge on any atom is -0.493 e. The molecule has 170 valence electrons. The predicted octanol–water partition coefficient (Wildman–Crippen LogP) is 5.60. The summed E-state index contributed by atoms with van der Waals surface area (Å²) in [6.07, 6.45) is 9.46. The molecule has 0 saturated heterocycles. The van der Waals surface area contributed by atoms with Crippen LogP contribution in [-0.4, -0.2) is 38.6 Å². The molecule has 2 saturated carbocycles. The molecule has 1 unspecified atom stereocenters. The van der Waals surface area contributed by atoms with E-state index in [-0.39, 0.29) is 12.2 Å². The van der Waals surface area contributed by atoms with Crippen LogP contribution >= 0.6 is 7.60 Å². The monoisotopic (exact) mass is 442 g/mol. The van der Waals surface area contributed by atoms with Gasteiger partial charge in [0.1, 0.15) is 0 Å². The van der Waals surface area contributed by atoms with Crippen molar-refractivity contribution >= 4 is 7.60 Å². The lowest BCUT2D eigenvalue weighted by molar-refractivity contribution is 0.0544. The first kappa shape index (κ1) is 23.4. The van der Waals surface area contributed by atoms with Gasteiger partial charge in [-0.2, -0.15) is 0 Å². The second-order valence-electron chi connectivity index (χ2n) is 8.10. The van der Waals surface area contributed by atoms with Gasteiger partial charge in [-0.25, -0.2) is 0 Å². The Balaban J connectivity index is 1.91. The fraction of sp³-hybridized carbons (Fsp3) is 0.727. The lowest BCUT2D eigenvalue weighted by Crippen LogP contribution is -2.22. The molecule has 30 heavy (non-hydrogen) atoms. The minimum absolute atomic E-state index is 0.162. The van der Waals surface area contributed by atoms with E-state index >= 15 is 0 Å². The smallest absolute Gasteiger partial charge is 0.363 e. The summed E-state index contributed by atoms with van der Waals surface area (Å²) >= 11 is 0. The SMILES string of the molecule is COc1cc(C(O)P(=O)(OC2CCCCC2)OC2CCCCC2)cc(OC)c1OC. The summed E-state index contributed by atoms with van der Waals surface area (Å²) in [4.78, 5) is 0. The van der Waals surface area contributed by atoms with Gasteiger partial charge >= 0.3 is 7.60 Å². The standard InChI is InChI=1S/C22H35O7P/c1-25-19-14-16(15-20(26-2)21(19)27-3)22(23)30(24,28-17-10-6-4-7-11-17)29-18-12-8-5-9-13-18/h14-15,17-18,22-23H,4-13H2,1-3H3. The summed E-state index contributed by atoms with van der Waals surface area (Å²) in [5, 5.41) is 11.2. The Labute approximate surface area is 179 Å². The summed E-state index contributed by atoms with van der Waals surface area (Å²) < 4.78 is 42.3. The van der Waals surface area contributed by atoms with Crippen LogP contribution in [0.4, 0.5) is 0 Å². The second-order valence-corrected chi connectivity index (χ2v) is 10.1. The molecule has 1 aromatic rings. The Morgan fingerprint density at radius 1 is 0.800 bits per heavy atom. The molecule has 0 spiro atoms. The van der Waals surface area contributed by atoms with Crippen molar-refractivity contribution in [3.8, 4) is 17.2 Å². The minimum atomic E-state index is -3.85. The van der Waals surface area contributed by atoms with E-state index in [4.69, 9.17) is 23.3 Å². The van der Waals surface area contributed by atoms with Gasteiger partial charge in [-0.3, -0.25) is 4.57 Å². The molecule has 0 aromatic heterocycles. The maximum atomic E-state index is 14.0. The highest BCUT2D eigenvalue weighted by atomic mass is 31.2. The quantitative estimate of drug-likeness (QED) is 0.499. The Morgan fingerprint density at radius 3 is 1.60 bits per heavy atom. The van der Waals surface area contributed by atoms with Gasteiger partial charge in [0.15, 0.2) is 17.3 Å². The molecule has 0 aliphatic heterocycles. The second kappa shape index (κ2) is 10.9. The van der Waals surface area contributed by atoms with Gasteiger partial charge in [-0.15, -0.1) is 0 Å². The number of ether oxygens (including phenoxy) is 3. The van der Waals surface area contributed by atoms with Gasteiger partial charge in [0.2, 0.25) is 5.75 Å². The van der Waals surface area contributed by atoms with E-state index in [2.05, 4.69) is 0 Å². The molecule has 2 fully saturated rings. The molecular weight excluding hydrogens is 407 g/mol.